The molecule has 94 valence electrons. The van der Waals surface area contributed by atoms with Gasteiger partial charge in [-0.05, 0) is 33.6 Å². The number of hydrogen-bond donors (Lipinski definition) is 1. The Morgan fingerprint density at radius 3 is 2.62 bits per heavy atom. The molecule has 4 heteroatoms. The van der Waals surface area contributed by atoms with E-state index < -0.39 is 0 Å². The summed E-state index contributed by atoms with van der Waals surface area (Å²) in [5, 5.41) is 0. The largest absolute Gasteiger partial charge is 0.376 e. The number of likely N-dealkylation sites (N-methyl/N-ethyl adjacent to an activating group) is 1. The highest BCUT2D eigenvalue weighted by atomic mass is 16.5. The number of rotatable bonds is 4. The van der Waals surface area contributed by atoms with Gasteiger partial charge in [-0.25, -0.2) is 0 Å². The fourth-order valence-corrected chi connectivity index (χ4v) is 2.02. The predicted molar refractivity (Wildman–Crippen MR) is 64.1 cm³/mol. The van der Waals surface area contributed by atoms with Crippen LogP contribution in [0, 0.1) is 0 Å². The fourth-order valence-electron chi connectivity index (χ4n) is 2.02. The summed E-state index contributed by atoms with van der Waals surface area (Å²) in [4.78, 5) is 13.8. The lowest BCUT2D eigenvalue weighted by Crippen LogP contribution is -2.42. The van der Waals surface area contributed by atoms with E-state index in [1.54, 1.807) is 0 Å². The molecule has 0 aliphatic carbocycles. The molecule has 0 spiro atoms. The van der Waals surface area contributed by atoms with Crippen LogP contribution in [0.2, 0.25) is 0 Å². The van der Waals surface area contributed by atoms with Gasteiger partial charge in [-0.3, -0.25) is 4.79 Å². The summed E-state index contributed by atoms with van der Waals surface area (Å²) in [7, 11) is 1.86. The molecule has 1 rings (SSSR count). The maximum atomic E-state index is 11.9. The molecule has 0 aromatic rings. The lowest BCUT2D eigenvalue weighted by Gasteiger charge is -2.28. The van der Waals surface area contributed by atoms with Gasteiger partial charge in [0.05, 0.1) is 12.1 Å². The molecule has 1 saturated heterocycles. The Bertz CT molecular complexity index is 248. The maximum absolute atomic E-state index is 11.9. The highest BCUT2D eigenvalue weighted by molar-refractivity contribution is 5.76. The average molecular weight is 228 g/mol. The van der Waals surface area contributed by atoms with Crippen LogP contribution >= 0.6 is 0 Å². The van der Waals surface area contributed by atoms with Gasteiger partial charge in [-0.1, -0.05) is 0 Å². The Balaban J connectivity index is 2.41. The number of carbonyl (C=O) groups is 1. The van der Waals surface area contributed by atoms with E-state index in [-0.39, 0.29) is 23.6 Å². The molecule has 16 heavy (non-hydrogen) atoms. The molecule has 1 fully saturated rings. The summed E-state index contributed by atoms with van der Waals surface area (Å²) in [5.74, 6) is 0.167. The van der Waals surface area contributed by atoms with Gasteiger partial charge in [0.15, 0.2) is 0 Å². The topological polar surface area (TPSA) is 55.6 Å². The first-order valence-electron chi connectivity index (χ1n) is 5.97. The zero-order valence-electron chi connectivity index (χ0n) is 10.8. The summed E-state index contributed by atoms with van der Waals surface area (Å²) in [6, 6.07) is 0.230. The molecule has 2 atom stereocenters. The number of ether oxygens (including phenoxy) is 1. The molecule has 2 N–H and O–H groups in total. The van der Waals surface area contributed by atoms with Crippen molar-refractivity contribution < 1.29 is 9.53 Å². The Morgan fingerprint density at radius 1 is 1.56 bits per heavy atom. The first kappa shape index (κ1) is 13.5. The van der Waals surface area contributed by atoms with Crippen molar-refractivity contribution >= 4 is 5.91 Å². The SMILES string of the molecule is CC1OCCC1N(C)C(=O)CCC(C)(C)N. The normalized spacial score (nSPS) is 25.8. The van der Waals surface area contributed by atoms with Crippen molar-refractivity contribution in [3.63, 3.8) is 0 Å². The number of hydrogen-bond acceptors (Lipinski definition) is 3. The van der Waals surface area contributed by atoms with Crippen LogP contribution in [0.1, 0.15) is 40.0 Å². The smallest absolute Gasteiger partial charge is 0.222 e. The van der Waals surface area contributed by atoms with Gasteiger partial charge in [0.1, 0.15) is 0 Å². The zero-order chi connectivity index (χ0) is 12.3. The minimum atomic E-state index is -0.270. The van der Waals surface area contributed by atoms with Crippen molar-refractivity contribution in [1.29, 1.82) is 0 Å². The first-order chi connectivity index (χ1) is 7.31. The van der Waals surface area contributed by atoms with E-state index >= 15 is 0 Å². The lowest BCUT2D eigenvalue weighted by molar-refractivity contribution is -0.133. The highest BCUT2D eigenvalue weighted by Gasteiger charge is 2.30. The number of nitrogens with two attached hydrogens (primary N) is 1. The molecule has 1 amide bonds. The Morgan fingerprint density at radius 2 is 2.19 bits per heavy atom. The second-order valence-electron chi connectivity index (χ2n) is 5.43. The lowest BCUT2D eigenvalue weighted by atomic mass is 9.99. The molecule has 2 unspecified atom stereocenters. The van der Waals surface area contributed by atoms with Gasteiger partial charge >= 0.3 is 0 Å². The van der Waals surface area contributed by atoms with Crippen molar-refractivity contribution in [2.45, 2.75) is 57.7 Å². The molecule has 0 saturated carbocycles. The molecule has 1 heterocycles. The first-order valence-corrected chi connectivity index (χ1v) is 5.97. The fraction of sp³-hybridized carbons (Fsp3) is 0.917. The van der Waals surface area contributed by atoms with Gasteiger partial charge in [-0.15, -0.1) is 0 Å². The molecular formula is C12H24N2O2. The van der Waals surface area contributed by atoms with E-state index in [2.05, 4.69) is 0 Å². The van der Waals surface area contributed by atoms with E-state index in [4.69, 9.17) is 10.5 Å². The predicted octanol–water partition coefficient (Wildman–Crippen LogP) is 1.14. The second-order valence-corrected chi connectivity index (χ2v) is 5.43. The molecule has 4 nitrogen and oxygen atoms in total. The third kappa shape index (κ3) is 3.76. The third-order valence-corrected chi connectivity index (χ3v) is 3.21. The van der Waals surface area contributed by atoms with Gasteiger partial charge < -0.3 is 15.4 Å². The molecule has 0 aromatic carbocycles. The Labute approximate surface area is 98.1 Å². The molecule has 1 aliphatic rings. The van der Waals surface area contributed by atoms with Crippen molar-refractivity contribution in [1.82, 2.24) is 4.90 Å². The van der Waals surface area contributed by atoms with Crippen LogP contribution in [0.15, 0.2) is 0 Å². The van der Waals surface area contributed by atoms with Crippen LogP contribution in [-0.2, 0) is 9.53 Å². The van der Waals surface area contributed by atoms with Crippen molar-refractivity contribution in [2.75, 3.05) is 13.7 Å². The Kier molecular flexibility index (Phi) is 4.33. The van der Waals surface area contributed by atoms with Gasteiger partial charge in [-0.2, -0.15) is 0 Å². The second kappa shape index (κ2) is 5.15. The van der Waals surface area contributed by atoms with Crippen molar-refractivity contribution in [3.8, 4) is 0 Å². The summed E-state index contributed by atoms with van der Waals surface area (Å²) in [5.41, 5.74) is 5.60. The monoisotopic (exact) mass is 228 g/mol. The van der Waals surface area contributed by atoms with Crippen LogP contribution < -0.4 is 5.73 Å². The van der Waals surface area contributed by atoms with Crippen LogP contribution in [0.3, 0.4) is 0 Å². The zero-order valence-corrected chi connectivity index (χ0v) is 10.8. The molecule has 0 aromatic heterocycles. The summed E-state index contributed by atoms with van der Waals surface area (Å²) >= 11 is 0. The van der Waals surface area contributed by atoms with Crippen LogP contribution in [0.5, 0.6) is 0 Å². The average Bonchev–Trinajstić information content (AvgIpc) is 2.58. The molecular weight excluding hydrogens is 204 g/mol. The van der Waals surface area contributed by atoms with Gasteiger partial charge in [0, 0.05) is 25.6 Å². The highest BCUT2D eigenvalue weighted by Crippen LogP contribution is 2.19. The van der Waals surface area contributed by atoms with Crippen molar-refractivity contribution in [2.24, 2.45) is 5.73 Å². The van der Waals surface area contributed by atoms with E-state index in [1.165, 1.54) is 0 Å². The maximum Gasteiger partial charge on any atom is 0.222 e. The minimum Gasteiger partial charge on any atom is -0.376 e. The Hall–Kier alpha value is -0.610. The molecule has 1 aliphatic heterocycles. The van der Waals surface area contributed by atoms with E-state index in [1.807, 2.05) is 32.7 Å². The summed E-state index contributed by atoms with van der Waals surface area (Å²) in [6.45, 7) is 6.67. The summed E-state index contributed by atoms with van der Waals surface area (Å²) in [6.07, 6.45) is 2.33. The van der Waals surface area contributed by atoms with Crippen molar-refractivity contribution in [3.05, 3.63) is 0 Å². The van der Waals surface area contributed by atoms with Crippen LogP contribution in [0.25, 0.3) is 0 Å². The molecule has 0 bridgehead atoms. The van der Waals surface area contributed by atoms with Crippen LogP contribution in [0.4, 0.5) is 0 Å². The number of nitrogens with zero attached hydrogens (tertiary/aromatic N) is 1. The number of amides is 1. The van der Waals surface area contributed by atoms with Gasteiger partial charge in [0.2, 0.25) is 5.91 Å². The van der Waals surface area contributed by atoms with Crippen LogP contribution in [-0.4, -0.2) is 42.1 Å². The van der Waals surface area contributed by atoms with E-state index in [0.717, 1.165) is 19.4 Å². The standard InChI is InChI=1S/C12H24N2O2/c1-9-10(6-8-16-9)14(4)11(15)5-7-12(2,3)13/h9-10H,5-8,13H2,1-4H3. The summed E-state index contributed by atoms with van der Waals surface area (Å²) < 4.78 is 5.46. The quantitative estimate of drug-likeness (QED) is 0.785. The van der Waals surface area contributed by atoms with E-state index in [9.17, 15) is 4.79 Å². The van der Waals surface area contributed by atoms with Gasteiger partial charge in [0.25, 0.3) is 0 Å². The third-order valence-electron chi connectivity index (χ3n) is 3.21. The minimum absolute atomic E-state index is 0.153. The molecule has 0 radical (unpaired) electrons. The van der Waals surface area contributed by atoms with E-state index in [0.29, 0.717) is 6.42 Å². The number of carbonyl (C=O) groups excluding carboxylic acids is 1.